The molecule has 9 N–H and O–H groups in total. The second-order valence-electron chi connectivity index (χ2n) is 2.65. The summed E-state index contributed by atoms with van der Waals surface area (Å²) in [4.78, 5) is 8.58. The summed E-state index contributed by atoms with van der Waals surface area (Å²) >= 11 is 0. The van der Waals surface area contributed by atoms with Crippen LogP contribution in [-0.4, -0.2) is 31.4 Å². The predicted octanol–water partition coefficient (Wildman–Crippen LogP) is 0.570. The zero-order chi connectivity index (χ0) is 10.6. The summed E-state index contributed by atoms with van der Waals surface area (Å²) in [5.41, 5.74) is 0. The van der Waals surface area contributed by atoms with Crippen LogP contribution in [0.3, 0.4) is 0 Å². The van der Waals surface area contributed by atoms with E-state index in [2.05, 4.69) is 15.0 Å². The predicted molar refractivity (Wildman–Crippen MR) is 73.2 cm³/mol. The zero-order valence-electron chi connectivity index (χ0n) is 9.93. The van der Waals surface area contributed by atoms with E-state index in [4.69, 9.17) is 0 Å². The van der Waals surface area contributed by atoms with E-state index in [0.29, 0.717) is 0 Å². The first-order valence-corrected chi connectivity index (χ1v) is 4.73. The monoisotopic (exact) mass is 255 g/mol. The van der Waals surface area contributed by atoms with Gasteiger partial charge in [0, 0.05) is 37.2 Å². The molecule has 0 aliphatic heterocycles. The molecule has 0 atom stereocenters. The topological polar surface area (TPSA) is 142 Å². The van der Waals surface area contributed by atoms with Crippen molar-refractivity contribution in [1.82, 2.24) is 15.0 Å². The lowest BCUT2D eigenvalue weighted by atomic mass is 10.7. The van der Waals surface area contributed by atoms with Gasteiger partial charge in [-0.3, -0.25) is 0 Å². The molecule has 0 aliphatic carbocycles. The second-order valence-corrected chi connectivity index (χ2v) is 2.65. The molecular weight excluding hydrogens is 234 g/mol. The van der Waals surface area contributed by atoms with Gasteiger partial charge >= 0.3 is 0 Å². The van der Waals surface area contributed by atoms with Crippen molar-refractivity contribution in [2.45, 2.75) is 0 Å². The first-order valence-electron chi connectivity index (χ1n) is 4.73. The molecule has 3 aromatic heterocycles. The third-order valence-electron chi connectivity index (χ3n) is 1.49. The zero-order valence-corrected chi connectivity index (χ0v) is 9.93. The first kappa shape index (κ1) is 21.1. The Morgan fingerprint density at radius 3 is 0.556 bits per heavy atom. The standard InChI is InChI=1S/3C4H5N.3H2O/c3*1-2-4-5-3-1;;;/h3*1-5H;3*1H2. The largest absolute Gasteiger partial charge is 0.412 e. The fourth-order valence-electron chi connectivity index (χ4n) is 0.833. The minimum Gasteiger partial charge on any atom is -0.412 e. The molecule has 3 rings (SSSR count). The minimum absolute atomic E-state index is 0. The Morgan fingerprint density at radius 2 is 0.500 bits per heavy atom. The molecule has 6 heteroatoms. The lowest BCUT2D eigenvalue weighted by Crippen LogP contribution is -1.38. The molecule has 102 valence electrons. The van der Waals surface area contributed by atoms with E-state index >= 15 is 0 Å². The first-order chi connectivity index (χ1) is 7.50. The highest BCUT2D eigenvalue weighted by Crippen LogP contribution is 1.73. The smallest absolute Gasteiger partial charge is 0.000496 e. The summed E-state index contributed by atoms with van der Waals surface area (Å²) in [7, 11) is 0. The molecule has 0 saturated heterocycles. The van der Waals surface area contributed by atoms with Crippen LogP contribution < -0.4 is 0 Å². The average molecular weight is 255 g/mol. The van der Waals surface area contributed by atoms with Crippen LogP contribution in [0.1, 0.15) is 0 Å². The molecule has 3 aromatic rings. The van der Waals surface area contributed by atoms with Gasteiger partial charge in [0.05, 0.1) is 0 Å². The number of nitrogens with one attached hydrogen (secondary N) is 3. The third-order valence-corrected chi connectivity index (χ3v) is 1.49. The van der Waals surface area contributed by atoms with E-state index in [-0.39, 0.29) is 16.4 Å². The van der Waals surface area contributed by atoms with Crippen molar-refractivity contribution in [3.63, 3.8) is 0 Å². The van der Waals surface area contributed by atoms with Crippen molar-refractivity contribution in [2.24, 2.45) is 0 Å². The van der Waals surface area contributed by atoms with E-state index in [1.807, 2.05) is 73.6 Å². The number of hydrogen-bond acceptors (Lipinski definition) is 0. The van der Waals surface area contributed by atoms with Crippen molar-refractivity contribution >= 4 is 0 Å². The summed E-state index contributed by atoms with van der Waals surface area (Å²) in [6, 6.07) is 11.7. The summed E-state index contributed by atoms with van der Waals surface area (Å²) in [5.74, 6) is 0. The summed E-state index contributed by atoms with van der Waals surface area (Å²) in [6.45, 7) is 0. The lowest BCUT2D eigenvalue weighted by molar-refractivity contribution is 0.823. The second kappa shape index (κ2) is 17.1. The Bertz CT molecular complexity index is 254. The molecule has 0 bridgehead atoms. The fraction of sp³-hybridized carbons (Fsp3) is 0. The molecule has 0 saturated carbocycles. The highest BCUT2D eigenvalue weighted by molar-refractivity contribution is 4.85. The highest BCUT2D eigenvalue weighted by atomic mass is 16.0. The van der Waals surface area contributed by atoms with E-state index in [1.54, 1.807) is 0 Å². The Labute approximate surface area is 106 Å². The van der Waals surface area contributed by atoms with E-state index in [1.165, 1.54) is 0 Å². The molecule has 0 radical (unpaired) electrons. The molecule has 0 fully saturated rings. The van der Waals surface area contributed by atoms with Gasteiger partial charge in [-0.25, -0.2) is 0 Å². The molecule has 0 aliphatic rings. The summed E-state index contributed by atoms with van der Waals surface area (Å²) in [5, 5.41) is 0. The summed E-state index contributed by atoms with van der Waals surface area (Å²) in [6.07, 6.45) is 11.2. The molecule has 0 unspecified atom stereocenters. The van der Waals surface area contributed by atoms with Crippen LogP contribution in [0.5, 0.6) is 0 Å². The van der Waals surface area contributed by atoms with Gasteiger partial charge in [-0.15, -0.1) is 0 Å². The maximum Gasteiger partial charge on any atom is 0.000496 e. The molecule has 0 amide bonds. The molecule has 3 heterocycles. The van der Waals surface area contributed by atoms with Crippen molar-refractivity contribution < 1.29 is 16.4 Å². The van der Waals surface area contributed by atoms with Crippen molar-refractivity contribution in [2.75, 3.05) is 0 Å². The van der Waals surface area contributed by atoms with Crippen LogP contribution >= 0.6 is 0 Å². The van der Waals surface area contributed by atoms with Crippen molar-refractivity contribution in [3.05, 3.63) is 73.6 Å². The van der Waals surface area contributed by atoms with Crippen LogP contribution in [0.15, 0.2) is 73.6 Å². The quantitative estimate of drug-likeness (QED) is 0.516. The van der Waals surface area contributed by atoms with Crippen molar-refractivity contribution in [1.29, 1.82) is 0 Å². The molecule has 6 nitrogen and oxygen atoms in total. The summed E-state index contributed by atoms with van der Waals surface area (Å²) < 4.78 is 0. The van der Waals surface area contributed by atoms with Gasteiger partial charge < -0.3 is 31.4 Å². The maximum absolute atomic E-state index is 2.86. The van der Waals surface area contributed by atoms with Crippen LogP contribution in [0.4, 0.5) is 0 Å². The van der Waals surface area contributed by atoms with Gasteiger partial charge in [0.25, 0.3) is 0 Å². The number of rotatable bonds is 0. The Kier molecular flexibility index (Phi) is 20.0. The average Bonchev–Trinajstić information content (AvgIpc) is 3.09. The van der Waals surface area contributed by atoms with E-state index < -0.39 is 0 Å². The van der Waals surface area contributed by atoms with Crippen LogP contribution in [0, 0.1) is 0 Å². The number of hydrogen-bond donors (Lipinski definition) is 3. The van der Waals surface area contributed by atoms with Gasteiger partial charge in [0.15, 0.2) is 0 Å². The number of aromatic amines is 3. The molecule has 0 spiro atoms. The number of aromatic nitrogens is 3. The van der Waals surface area contributed by atoms with Gasteiger partial charge in [-0.05, 0) is 36.4 Å². The van der Waals surface area contributed by atoms with Crippen LogP contribution in [0.2, 0.25) is 0 Å². The lowest BCUT2D eigenvalue weighted by Gasteiger charge is -1.49. The fourth-order valence-corrected chi connectivity index (χ4v) is 0.833. The minimum atomic E-state index is 0. The highest BCUT2D eigenvalue weighted by Gasteiger charge is 1.56. The van der Waals surface area contributed by atoms with Crippen molar-refractivity contribution in [3.8, 4) is 0 Å². The molecular formula is C12H21N3O3. The van der Waals surface area contributed by atoms with Gasteiger partial charge in [0.1, 0.15) is 0 Å². The molecule has 0 aromatic carbocycles. The molecule has 18 heavy (non-hydrogen) atoms. The maximum atomic E-state index is 2.86. The van der Waals surface area contributed by atoms with Gasteiger partial charge in [-0.2, -0.15) is 0 Å². The van der Waals surface area contributed by atoms with E-state index in [9.17, 15) is 0 Å². The van der Waals surface area contributed by atoms with Crippen LogP contribution in [0.25, 0.3) is 0 Å². The Balaban J connectivity index is -0.000000173. The van der Waals surface area contributed by atoms with E-state index in [0.717, 1.165) is 0 Å². The number of H-pyrrole nitrogens is 3. The normalized spacial score (nSPS) is 6.67. The van der Waals surface area contributed by atoms with Crippen LogP contribution in [-0.2, 0) is 0 Å². The Morgan fingerprint density at radius 1 is 0.333 bits per heavy atom. The SMILES string of the molecule is O.O.O.c1cc[nH]c1.c1cc[nH]c1.c1cc[nH]c1. The third kappa shape index (κ3) is 13.7. The van der Waals surface area contributed by atoms with Gasteiger partial charge in [-0.1, -0.05) is 0 Å². The van der Waals surface area contributed by atoms with Gasteiger partial charge in [0.2, 0.25) is 0 Å². The Hall–Kier alpha value is -2.28.